The van der Waals surface area contributed by atoms with Crippen LogP contribution >= 0.6 is 23.2 Å². The van der Waals surface area contributed by atoms with Gasteiger partial charge in [0.1, 0.15) is 6.54 Å². The molecule has 0 aliphatic carbocycles. The van der Waals surface area contributed by atoms with E-state index < -0.39 is 27.4 Å². The summed E-state index contributed by atoms with van der Waals surface area (Å²) in [5.41, 5.74) is 1.53. The van der Waals surface area contributed by atoms with Crippen LogP contribution in [0.25, 0.3) is 0 Å². The molecule has 3 rings (SSSR count). The molecule has 0 atom stereocenters. The number of hydrogen-bond donors (Lipinski definition) is 1. The molecule has 1 N–H and O–H groups in total. The monoisotopic (exact) mass is 507 g/mol. The van der Waals surface area contributed by atoms with E-state index in [1.54, 1.807) is 19.1 Å². The molecule has 1 amide bonds. The molecule has 0 radical (unpaired) electrons. The second-order valence-electron chi connectivity index (χ2n) is 7.26. The number of aryl methyl sites for hydroxylation is 2. The fourth-order valence-electron chi connectivity index (χ4n) is 3.01. The molecule has 0 saturated heterocycles. The maximum absolute atomic E-state index is 13.4. The van der Waals surface area contributed by atoms with E-state index in [9.17, 15) is 23.3 Å². The van der Waals surface area contributed by atoms with Gasteiger partial charge < -0.3 is 5.32 Å². The number of nitro groups is 1. The predicted octanol–water partition coefficient (Wildman–Crippen LogP) is 5.35. The van der Waals surface area contributed by atoms with Crippen molar-refractivity contribution in [3.8, 4) is 0 Å². The number of nitro benzene ring substituents is 1. The number of nitrogens with zero attached hydrogens (tertiary/aromatic N) is 2. The summed E-state index contributed by atoms with van der Waals surface area (Å²) < 4.78 is 27.8. The van der Waals surface area contributed by atoms with Gasteiger partial charge in [0, 0.05) is 22.2 Å². The van der Waals surface area contributed by atoms with Crippen molar-refractivity contribution in [1.82, 2.24) is 0 Å². The van der Waals surface area contributed by atoms with Gasteiger partial charge in [-0.1, -0.05) is 47.0 Å². The molecule has 0 fully saturated rings. The Morgan fingerprint density at radius 2 is 1.61 bits per heavy atom. The third-order valence-corrected chi connectivity index (χ3v) is 6.96. The summed E-state index contributed by atoms with van der Waals surface area (Å²) in [6.07, 6.45) is 0. The highest BCUT2D eigenvalue weighted by Gasteiger charge is 2.28. The molecule has 0 aliphatic rings. The van der Waals surface area contributed by atoms with Crippen LogP contribution < -0.4 is 9.62 Å². The quantitative estimate of drug-likeness (QED) is 0.342. The minimum absolute atomic E-state index is 0.0245. The predicted molar refractivity (Wildman–Crippen MR) is 129 cm³/mol. The van der Waals surface area contributed by atoms with Crippen molar-refractivity contribution in [3.63, 3.8) is 0 Å². The molecule has 3 aromatic rings. The van der Waals surface area contributed by atoms with Crippen LogP contribution in [0.2, 0.25) is 10.0 Å². The van der Waals surface area contributed by atoms with Crippen molar-refractivity contribution in [2.75, 3.05) is 16.2 Å². The highest BCUT2D eigenvalue weighted by atomic mass is 35.5. The van der Waals surface area contributed by atoms with Gasteiger partial charge in [-0.05, 0) is 49.7 Å². The van der Waals surface area contributed by atoms with E-state index in [1.165, 1.54) is 48.5 Å². The molecular weight excluding hydrogens is 489 g/mol. The van der Waals surface area contributed by atoms with Crippen LogP contribution in [0, 0.1) is 24.0 Å². The first-order valence-electron chi connectivity index (χ1n) is 9.58. The molecule has 0 spiro atoms. The third kappa shape index (κ3) is 5.81. The zero-order valence-corrected chi connectivity index (χ0v) is 19.9. The van der Waals surface area contributed by atoms with Crippen LogP contribution in [0.4, 0.5) is 17.1 Å². The molecule has 3 aromatic carbocycles. The Kier molecular flexibility index (Phi) is 7.26. The Bertz CT molecular complexity index is 1310. The third-order valence-electron chi connectivity index (χ3n) is 4.74. The summed E-state index contributed by atoms with van der Waals surface area (Å²) >= 11 is 12.1. The van der Waals surface area contributed by atoms with Crippen LogP contribution in [0.3, 0.4) is 0 Å². The molecule has 0 aromatic heterocycles. The summed E-state index contributed by atoms with van der Waals surface area (Å²) in [4.78, 5) is 23.3. The minimum Gasteiger partial charge on any atom is -0.324 e. The van der Waals surface area contributed by atoms with Gasteiger partial charge in [0.05, 0.1) is 21.2 Å². The Balaban J connectivity index is 2.00. The van der Waals surface area contributed by atoms with Crippen molar-refractivity contribution in [1.29, 1.82) is 0 Å². The number of carbonyl (C=O) groups is 1. The number of amides is 1. The van der Waals surface area contributed by atoms with E-state index in [0.29, 0.717) is 5.56 Å². The summed E-state index contributed by atoms with van der Waals surface area (Å²) in [5, 5.41) is 14.0. The lowest BCUT2D eigenvalue weighted by Gasteiger charge is -2.24. The minimum atomic E-state index is -4.18. The second kappa shape index (κ2) is 9.78. The summed E-state index contributed by atoms with van der Waals surface area (Å²) in [7, 11) is -4.18. The standard InChI is InChI=1S/C22H19Cl2N3O5S/c1-14-3-7-20(8-4-14)33(31,32)26(19-10-16(23)9-17(24)11-19)13-22(28)25-21-12-18(27(29)30)6-5-15(21)2/h3-12H,13H2,1-2H3,(H,25,28). The van der Waals surface area contributed by atoms with E-state index in [2.05, 4.69) is 5.32 Å². The second-order valence-corrected chi connectivity index (χ2v) is 9.99. The van der Waals surface area contributed by atoms with E-state index >= 15 is 0 Å². The largest absolute Gasteiger partial charge is 0.324 e. The number of rotatable bonds is 7. The van der Waals surface area contributed by atoms with Gasteiger partial charge in [-0.25, -0.2) is 8.42 Å². The molecule has 0 bridgehead atoms. The van der Waals surface area contributed by atoms with Gasteiger partial charge >= 0.3 is 0 Å². The molecule has 172 valence electrons. The van der Waals surface area contributed by atoms with Crippen LogP contribution in [-0.4, -0.2) is 25.8 Å². The first-order chi connectivity index (χ1) is 15.5. The fourth-order valence-corrected chi connectivity index (χ4v) is 4.93. The van der Waals surface area contributed by atoms with Gasteiger partial charge in [0.25, 0.3) is 15.7 Å². The Morgan fingerprint density at radius 3 is 2.18 bits per heavy atom. The van der Waals surface area contributed by atoms with E-state index in [-0.39, 0.29) is 32.0 Å². The van der Waals surface area contributed by atoms with Crippen molar-refractivity contribution in [2.45, 2.75) is 18.7 Å². The van der Waals surface area contributed by atoms with E-state index in [4.69, 9.17) is 23.2 Å². The van der Waals surface area contributed by atoms with Gasteiger partial charge in [0.15, 0.2) is 0 Å². The zero-order valence-electron chi connectivity index (χ0n) is 17.6. The molecule has 33 heavy (non-hydrogen) atoms. The zero-order chi connectivity index (χ0) is 24.3. The average Bonchev–Trinajstić information content (AvgIpc) is 2.73. The van der Waals surface area contributed by atoms with Gasteiger partial charge in [-0.3, -0.25) is 19.2 Å². The Labute approximate surface area is 200 Å². The molecule has 0 heterocycles. The summed E-state index contributed by atoms with van der Waals surface area (Å²) in [6, 6.07) is 14.4. The molecular formula is C22H19Cl2N3O5S. The Morgan fingerprint density at radius 1 is 1.00 bits per heavy atom. The number of carbonyl (C=O) groups excluding carboxylic acids is 1. The smallest absolute Gasteiger partial charge is 0.271 e. The Hall–Kier alpha value is -3.14. The highest BCUT2D eigenvalue weighted by Crippen LogP contribution is 2.30. The maximum Gasteiger partial charge on any atom is 0.271 e. The van der Waals surface area contributed by atoms with Crippen molar-refractivity contribution >= 4 is 56.2 Å². The van der Waals surface area contributed by atoms with Crippen molar-refractivity contribution < 1.29 is 18.1 Å². The number of benzene rings is 3. The van der Waals surface area contributed by atoms with Crippen molar-refractivity contribution in [2.24, 2.45) is 0 Å². The lowest BCUT2D eigenvalue weighted by Crippen LogP contribution is -2.38. The number of non-ortho nitro benzene ring substituents is 1. The average molecular weight is 508 g/mol. The number of anilines is 2. The molecule has 11 heteroatoms. The number of hydrogen-bond acceptors (Lipinski definition) is 5. The van der Waals surface area contributed by atoms with Gasteiger partial charge in [0.2, 0.25) is 5.91 Å². The fraction of sp³-hybridized carbons (Fsp3) is 0.136. The maximum atomic E-state index is 13.4. The lowest BCUT2D eigenvalue weighted by molar-refractivity contribution is -0.384. The first-order valence-corrected chi connectivity index (χ1v) is 11.8. The van der Waals surface area contributed by atoms with Crippen LogP contribution in [-0.2, 0) is 14.8 Å². The topological polar surface area (TPSA) is 110 Å². The molecule has 8 nitrogen and oxygen atoms in total. The lowest BCUT2D eigenvalue weighted by atomic mass is 10.2. The van der Waals surface area contributed by atoms with Gasteiger partial charge in [-0.15, -0.1) is 0 Å². The number of nitrogens with one attached hydrogen (secondary N) is 1. The first kappa shape index (κ1) is 24.5. The normalized spacial score (nSPS) is 11.2. The van der Waals surface area contributed by atoms with Crippen LogP contribution in [0.5, 0.6) is 0 Å². The van der Waals surface area contributed by atoms with E-state index in [0.717, 1.165) is 9.87 Å². The van der Waals surface area contributed by atoms with E-state index in [1.807, 2.05) is 6.92 Å². The summed E-state index contributed by atoms with van der Waals surface area (Å²) in [5.74, 6) is -0.703. The molecule has 0 unspecified atom stereocenters. The number of halogens is 2. The SMILES string of the molecule is Cc1ccc(S(=O)(=O)N(CC(=O)Nc2cc([N+](=O)[O-])ccc2C)c2cc(Cl)cc(Cl)c2)cc1. The van der Waals surface area contributed by atoms with Crippen molar-refractivity contribution in [3.05, 3.63) is 92.0 Å². The highest BCUT2D eigenvalue weighted by molar-refractivity contribution is 7.92. The molecule has 0 saturated carbocycles. The summed E-state index contributed by atoms with van der Waals surface area (Å²) in [6.45, 7) is 2.87. The molecule has 0 aliphatic heterocycles. The van der Waals surface area contributed by atoms with Gasteiger partial charge in [-0.2, -0.15) is 0 Å². The number of sulfonamides is 1. The van der Waals surface area contributed by atoms with Crippen LogP contribution in [0.1, 0.15) is 11.1 Å². The van der Waals surface area contributed by atoms with Crippen LogP contribution in [0.15, 0.2) is 65.6 Å².